The van der Waals surface area contributed by atoms with Crippen LogP contribution in [0.5, 0.6) is 0 Å². The van der Waals surface area contributed by atoms with E-state index in [1.807, 2.05) is 0 Å². The molecule has 3 aliphatic rings. The van der Waals surface area contributed by atoms with Crippen LogP contribution in [0.3, 0.4) is 0 Å². The van der Waals surface area contributed by atoms with Crippen LogP contribution in [0.15, 0.2) is 12.4 Å². The molecule has 1 aromatic rings. The second-order valence-corrected chi connectivity index (χ2v) is 7.01. The van der Waals surface area contributed by atoms with Crippen LogP contribution >= 0.6 is 11.8 Å². The SMILES string of the molecule is c1nc(C2CC2)cc(N2CC(N3CCSCC3)C2)n1. The summed E-state index contributed by atoms with van der Waals surface area (Å²) in [6.07, 6.45) is 4.36. The van der Waals surface area contributed by atoms with Gasteiger partial charge in [-0.3, -0.25) is 4.90 Å². The molecule has 3 fully saturated rings. The molecule has 0 radical (unpaired) electrons. The highest BCUT2D eigenvalue weighted by molar-refractivity contribution is 7.99. The van der Waals surface area contributed by atoms with Gasteiger partial charge in [0.1, 0.15) is 12.1 Å². The van der Waals surface area contributed by atoms with Gasteiger partial charge < -0.3 is 4.90 Å². The van der Waals surface area contributed by atoms with Crippen molar-refractivity contribution >= 4 is 17.6 Å². The van der Waals surface area contributed by atoms with Crippen LogP contribution in [0.25, 0.3) is 0 Å². The fourth-order valence-corrected chi connectivity index (χ4v) is 3.88. The lowest BCUT2D eigenvalue weighted by atomic mass is 10.1. The molecule has 0 spiro atoms. The summed E-state index contributed by atoms with van der Waals surface area (Å²) in [4.78, 5) is 13.9. The Labute approximate surface area is 118 Å². The highest BCUT2D eigenvalue weighted by atomic mass is 32.2. The van der Waals surface area contributed by atoms with E-state index in [4.69, 9.17) is 0 Å². The summed E-state index contributed by atoms with van der Waals surface area (Å²) in [7, 11) is 0. The molecule has 1 saturated carbocycles. The minimum atomic E-state index is 0.720. The van der Waals surface area contributed by atoms with Gasteiger partial charge in [0.2, 0.25) is 0 Å². The molecule has 0 unspecified atom stereocenters. The van der Waals surface area contributed by atoms with Crippen LogP contribution in [0.4, 0.5) is 5.82 Å². The average Bonchev–Trinajstić information content (AvgIpc) is 3.23. The first-order chi connectivity index (χ1) is 9.40. The minimum Gasteiger partial charge on any atom is -0.353 e. The predicted octanol–water partition coefficient (Wildman–Crippen LogP) is 1.59. The van der Waals surface area contributed by atoms with E-state index >= 15 is 0 Å². The van der Waals surface area contributed by atoms with Crippen LogP contribution in [-0.4, -0.2) is 58.6 Å². The molecule has 4 rings (SSSR count). The average molecular weight is 276 g/mol. The van der Waals surface area contributed by atoms with E-state index in [0.717, 1.165) is 30.9 Å². The monoisotopic (exact) mass is 276 g/mol. The van der Waals surface area contributed by atoms with Crippen molar-refractivity contribution in [2.75, 3.05) is 42.6 Å². The molecular formula is C14H20N4S. The van der Waals surface area contributed by atoms with Crippen LogP contribution in [-0.2, 0) is 0 Å². The number of hydrogen-bond acceptors (Lipinski definition) is 5. The molecule has 0 atom stereocenters. The fourth-order valence-electron chi connectivity index (χ4n) is 2.95. The Kier molecular flexibility index (Phi) is 3.11. The zero-order valence-electron chi connectivity index (χ0n) is 11.2. The zero-order valence-corrected chi connectivity index (χ0v) is 12.0. The van der Waals surface area contributed by atoms with Crippen molar-refractivity contribution in [2.24, 2.45) is 0 Å². The zero-order chi connectivity index (χ0) is 12.7. The van der Waals surface area contributed by atoms with Crippen LogP contribution in [0.1, 0.15) is 24.5 Å². The van der Waals surface area contributed by atoms with Crippen LogP contribution in [0.2, 0.25) is 0 Å². The predicted molar refractivity (Wildman–Crippen MR) is 78.9 cm³/mol. The fraction of sp³-hybridized carbons (Fsp3) is 0.714. The highest BCUT2D eigenvalue weighted by Gasteiger charge is 2.34. The summed E-state index contributed by atoms with van der Waals surface area (Å²) >= 11 is 2.08. The number of anilines is 1. The maximum Gasteiger partial charge on any atom is 0.132 e. The van der Waals surface area contributed by atoms with Gasteiger partial charge in [-0.1, -0.05) is 0 Å². The summed E-state index contributed by atoms with van der Waals surface area (Å²) in [6.45, 7) is 4.82. The molecule has 0 amide bonds. The maximum atomic E-state index is 4.44. The Balaban J connectivity index is 1.38. The number of rotatable bonds is 3. The van der Waals surface area contributed by atoms with Crippen LogP contribution in [0, 0.1) is 0 Å². The lowest BCUT2D eigenvalue weighted by molar-refractivity contribution is 0.182. The molecule has 0 aromatic carbocycles. The molecule has 19 heavy (non-hydrogen) atoms. The first-order valence-corrected chi connectivity index (χ1v) is 8.44. The normalized spacial score (nSPS) is 25.4. The molecule has 0 bridgehead atoms. The van der Waals surface area contributed by atoms with Gasteiger partial charge in [-0.25, -0.2) is 9.97 Å². The summed E-state index contributed by atoms with van der Waals surface area (Å²) in [5.41, 5.74) is 1.25. The van der Waals surface area contributed by atoms with Gasteiger partial charge in [-0.05, 0) is 12.8 Å². The molecule has 5 heteroatoms. The Morgan fingerprint density at radius 2 is 1.89 bits per heavy atom. The molecule has 3 heterocycles. The Morgan fingerprint density at radius 3 is 2.63 bits per heavy atom. The molecule has 1 aromatic heterocycles. The van der Waals surface area contributed by atoms with E-state index in [-0.39, 0.29) is 0 Å². The van der Waals surface area contributed by atoms with Gasteiger partial charge in [0.05, 0.1) is 0 Å². The Morgan fingerprint density at radius 1 is 1.11 bits per heavy atom. The van der Waals surface area contributed by atoms with E-state index < -0.39 is 0 Å². The largest absolute Gasteiger partial charge is 0.353 e. The van der Waals surface area contributed by atoms with Crippen molar-refractivity contribution in [3.05, 3.63) is 18.1 Å². The third-order valence-corrected chi connectivity index (χ3v) is 5.36. The van der Waals surface area contributed by atoms with Crippen molar-refractivity contribution in [1.29, 1.82) is 0 Å². The van der Waals surface area contributed by atoms with Gasteiger partial charge in [-0.2, -0.15) is 11.8 Å². The molecular weight excluding hydrogens is 256 g/mol. The van der Waals surface area contributed by atoms with Gasteiger partial charge in [0.25, 0.3) is 0 Å². The topological polar surface area (TPSA) is 32.3 Å². The molecule has 2 aliphatic heterocycles. The summed E-state index contributed by atoms with van der Waals surface area (Å²) in [5, 5.41) is 0. The molecule has 102 valence electrons. The standard InChI is InChI=1S/C14H20N4S/c1-2-11(1)13-7-14(16-10-15-13)18-8-12(9-18)17-3-5-19-6-4-17/h7,10-12H,1-6,8-9H2. The first-order valence-electron chi connectivity index (χ1n) is 7.29. The summed E-state index contributed by atoms with van der Waals surface area (Å²) in [5.74, 6) is 4.46. The van der Waals surface area contributed by atoms with Crippen molar-refractivity contribution in [1.82, 2.24) is 14.9 Å². The number of thioether (sulfide) groups is 1. The van der Waals surface area contributed by atoms with Crippen molar-refractivity contribution in [3.8, 4) is 0 Å². The third kappa shape index (κ3) is 2.46. The maximum absolute atomic E-state index is 4.44. The summed E-state index contributed by atoms with van der Waals surface area (Å²) < 4.78 is 0. The van der Waals surface area contributed by atoms with E-state index in [1.165, 1.54) is 43.1 Å². The minimum absolute atomic E-state index is 0.720. The molecule has 4 nitrogen and oxygen atoms in total. The van der Waals surface area contributed by atoms with E-state index in [0.29, 0.717) is 0 Å². The van der Waals surface area contributed by atoms with Crippen LogP contribution < -0.4 is 4.90 Å². The van der Waals surface area contributed by atoms with Gasteiger partial charge >= 0.3 is 0 Å². The smallest absolute Gasteiger partial charge is 0.132 e. The number of aromatic nitrogens is 2. The second-order valence-electron chi connectivity index (χ2n) is 5.78. The molecule has 2 saturated heterocycles. The van der Waals surface area contributed by atoms with E-state index in [2.05, 4.69) is 37.6 Å². The lowest BCUT2D eigenvalue weighted by Gasteiger charge is -2.47. The van der Waals surface area contributed by atoms with Gasteiger partial charge in [-0.15, -0.1) is 0 Å². The van der Waals surface area contributed by atoms with Crippen molar-refractivity contribution in [3.63, 3.8) is 0 Å². The molecule has 0 N–H and O–H groups in total. The lowest BCUT2D eigenvalue weighted by Crippen LogP contribution is -2.61. The van der Waals surface area contributed by atoms with E-state index in [9.17, 15) is 0 Å². The van der Waals surface area contributed by atoms with E-state index in [1.54, 1.807) is 6.33 Å². The van der Waals surface area contributed by atoms with Gasteiger partial charge in [0, 0.05) is 61.4 Å². The number of nitrogens with zero attached hydrogens (tertiary/aromatic N) is 4. The third-order valence-electron chi connectivity index (χ3n) is 4.42. The highest BCUT2D eigenvalue weighted by Crippen LogP contribution is 2.39. The Hall–Kier alpha value is -0.810. The second kappa shape index (κ2) is 4.94. The number of hydrogen-bond donors (Lipinski definition) is 0. The quantitative estimate of drug-likeness (QED) is 0.837. The van der Waals surface area contributed by atoms with Crippen molar-refractivity contribution in [2.45, 2.75) is 24.8 Å². The van der Waals surface area contributed by atoms with Crippen molar-refractivity contribution < 1.29 is 0 Å². The first kappa shape index (κ1) is 12.0. The molecule has 1 aliphatic carbocycles. The van der Waals surface area contributed by atoms with Gasteiger partial charge in [0.15, 0.2) is 0 Å². The Bertz CT molecular complexity index is 451. The summed E-state index contributed by atoms with van der Waals surface area (Å²) in [6, 6.07) is 2.96.